The van der Waals surface area contributed by atoms with Crippen molar-refractivity contribution in [1.82, 2.24) is 5.43 Å². The van der Waals surface area contributed by atoms with Crippen molar-refractivity contribution >= 4 is 24.6 Å². The molecule has 0 heterocycles. The van der Waals surface area contributed by atoms with Gasteiger partial charge in [0.2, 0.25) is 5.96 Å². The van der Waals surface area contributed by atoms with Crippen LogP contribution in [-0.4, -0.2) is 22.4 Å². The second-order valence-corrected chi connectivity index (χ2v) is 2.53. The summed E-state index contributed by atoms with van der Waals surface area (Å²) in [5.41, 5.74) is 7.77. The van der Waals surface area contributed by atoms with Crippen molar-refractivity contribution in [3.63, 3.8) is 0 Å². The van der Waals surface area contributed by atoms with Gasteiger partial charge in [-0.05, 0) is 23.8 Å². The van der Waals surface area contributed by atoms with Crippen molar-refractivity contribution in [2.75, 3.05) is 0 Å². The third kappa shape index (κ3) is 4.19. The van der Waals surface area contributed by atoms with Gasteiger partial charge in [-0.25, -0.2) is 5.43 Å². The van der Waals surface area contributed by atoms with Gasteiger partial charge in [-0.15, -0.1) is 12.4 Å². The maximum Gasteiger partial charge on any atom is 0.206 e. The molecule has 0 radical (unpaired) electrons. The molecule has 1 aromatic rings. The standard InChI is InChI=1S/C8H10N4O2.ClH/c9-8(10)12-11-4-5-1-2-6(13)7(14)3-5;/h1-4,13-14H,(H4,9,10,12);1H. The largest absolute Gasteiger partial charge is 0.504 e. The number of hydrogen-bond acceptors (Lipinski definition) is 4. The number of phenols is 2. The first-order valence-corrected chi connectivity index (χ1v) is 3.74. The first-order valence-electron chi connectivity index (χ1n) is 3.74. The zero-order chi connectivity index (χ0) is 10.6. The predicted molar refractivity (Wildman–Crippen MR) is 59.7 cm³/mol. The number of nitrogens with two attached hydrogens (primary N) is 1. The van der Waals surface area contributed by atoms with Gasteiger partial charge in [-0.2, -0.15) is 5.10 Å². The Kier molecular flexibility index (Phi) is 4.97. The van der Waals surface area contributed by atoms with Crippen LogP contribution < -0.4 is 11.2 Å². The van der Waals surface area contributed by atoms with Crippen LogP contribution in [0.15, 0.2) is 23.3 Å². The molecule has 0 bridgehead atoms. The lowest BCUT2D eigenvalue weighted by Gasteiger charge is -1.98. The van der Waals surface area contributed by atoms with Gasteiger partial charge in [0.05, 0.1) is 6.21 Å². The van der Waals surface area contributed by atoms with E-state index >= 15 is 0 Å². The van der Waals surface area contributed by atoms with E-state index in [4.69, 9.17) is 21.4 Å². The minimum Gasteiger partial charge on any atom is -0.504 e. The maximum absolute atomic E-state index is 9.11. The number of nitrogens with one attached hydrogen (secondary N) is 2. The van der Waals surface area contributed by atoms with Crippen LogP contribution in [0.2, 0.25) is 0 Å². The van der Waals surface area contributed by atoms with Crippen LogP contribution in [0.25, 0.3) is 0 Å². The fourth-order valence-corrected chi connectivity index (χ4v) is 0.797. The van der Waals surface area contributed by atoms with E-state index in [1.807, 2.05) is 0 Å². The summed E-state index contributed by atoms with van der Waals surface area (Å²) in [6.45, 7) is 0. The van der Waals surface area contributed by atoms with Crippen molar-refractivity contribution in [2.45, 2.75) is 0 Å². The molecule has 0 spiro atoms. The SMILES string of the molecule is Cl.N=C(N)NN=Cc1ccc(O)c(O)c1. The number of hydrazone groups is 1. The lowest BCUT2D eigenvalue weighted by Crippen LogP contribution is -2.25. The first kappa shape index (κ1) is 13.1. The average Bonchev–Trinajstić information content (AvgIpc) is 2.10. The Labute approximate surface area is 92.3 Å². The van der Waals surface area contributed by atoms with E-state index in [9.17, 15) is 0 Å². The molecule has 0 saturated carbocycles. The Morgan fingerprint density at radius 3 is 2.60 bits per heavy atom. The van der Waals surface area contributed by atoms with Gasteiger partial charge in [-0.1, -0.05) is 0 Å². The molecule has 6 nitrogen and oxygen atoms in total. The minimum absolute atomic E-state index is 0. The Morgan fingerprint density at radius 1 is 1.40 bits per heavy atom. The molecule has 0 fully saturated rings. The van der Waals surface area contributed by atoms with Gasteiger partial charge < -0.3 is 15.9 Å². The second-order valence-electron chi connectivity index (χ2n) is 2.53. The maximum atomic E-state index is 9.11. The van der Waals surface area contributed by atoms with E-state index in [1.165, 1.54) is 18.3 Å². The van der Waals surface area contributed by atoms with E-state index in [0.717, 1.165) is 0 Å². The van der Waals surface area contributed by atoms with Crippen molar-refractivity contribution in [1.29, 1.82) is 5.41 Å². The molecular weight excluding hydrogens is 220 g/mol. The zero-order valence-corrected chi connectivity index (χ0v) is 8.45. The van der Waals surface area contributed by atoms with Crippen LogP contribution in [0.3, 0.4) is 0 Å². The number of guanidine groups is 1. The van der Waals surface area contributed by atoms with Gasteiger partial charge in [0.25, 0.3) is 0 Å². The van der Waals surface area contributed by atoms with Crippen molar-refractivity contribution < 1.29 is 10.2 Å². The topological polar surface area (TPSA) is 115 Å². The van der Waals surface area contributed by atoms with Crippen LogP contribution in [-0.2, 0) is 0 Å². The van der Waals surface area contributed by atoms with Crippen LogP contribution in [0, 0.1) is 5.41 Å². The number of hydrogen-bond donors (Lipinski definition) is 5. The normalized spacial score (nSPS) is 9.60. The molecule has 1 aromatic carbocycles. The molecule has 0 aromatic heterocycles. The summed E-state index contributed by atoms with van der Waals surface area (Å²) in [5, 5.41) is 28.5. The first-order chi connectivity index (χ1) is 6.59. The molecule has 0 saturated heterocycles. The number of nitrogens with zero attached hydrogens (tertiary/aromatic N) is 1. The number of benzene rings is 1. The molecular formula is C8H11ClN4O2. The molecule has 0 aliphatic rings. The lowest BCUT2D eigenvalue weighted by atomic mass is 10.2. The van der Waals surface area contributed by atoms with Crippen LogP contribution in [0.1, 0.15) is 5.56 Å². The van der Waals surface area contributed by atoms with Gasteiger partial charge in [0.1, 0.15) is 0 Å². The summed E-state index contributed by atoms with van der Waals surface area (Å²) in [4.78, 5) is 0. The molecule has 1 rings (SSSR count). The van der Waals surface area contributed by atoms with Crippen molar-refractivity contribution in [2.24, 2.45) is 10.8 Å². The molecule has 7 heteroatoms. The molecule has 6 N–H and O–H groups in total. The average molecular weight is 231 g/mol. The van der Waals surface area contributed by atoms with Crippen molar-refractivity contribution in [3.05, 3.63) is 23.8 Å². The number of aromatic hydroxyl groups is 2. The van der Waals surface area contributed by atoms with E-state index in [-0.39, 0.29) is 29.9 Å². The van der Waals surface area contributed by atoms with Gasteiger partial charge in [-0.3, -0.25) is 5.41 Å². The fourth-order valence-electron chi connectivity index (χ4n) is 0.797. The van der Waals surface area contributed by atoms with Gasteiger partial charge >= 0.3 is 0 Å². The quantitative estimate of drug-likeness (QED) is 0.218. The zero-order valence-electron chi connectivity index (χ0n) is 7.64. The van der Waals surface area contributed by atoms with Gasteiger partial charge in [0, 0.05) is 0 Å². The molecule has 15 heavy (non-hydrogen) atoms. The molecule has 0 unspecified atom stereocenters. The summed E-state index contributed by atoms with van der Waals surface area (Å²) in [7, 11) is 0. The lowest BCUT2D eigenvalue weighted by molar-refractivity contribution is 0.403. The summed E-state index contributed by atoms with van der Waals surface area (Å²) in [5.74, 6) is -0.692. The highest BCUT2D eigenvalue weighted by Gasteiger charge is 1.97. The third-order valence-electron chi connectivity index (χ3n) is 1.40. The van der Waals surface area contributed by atoms with E-state index in [1.54, 1.807) is 6.07 Å². The van der Waals surface area contributed by atoms with E-state index in [2.05, 4.69) is 10.5 Å². The van der Waals surface area contributed by atoms with Crippen LogP contribution in [0.5, 0.6) is 11.5 Å². The van der Waals surface area contributed by atoms with Crippen LogP contribution >= 0.6 is 12.4 Å². The number of phenolic OH excluding ortho intramolecular Hbond substituents is 2. The molecule has 82 valence electrons. The molecule has 0 amide bonds. The Morgan fingerprint density at radius 2 is 2.07 bits per heavy atom. The summed E-state index contributed by atoms with van der Waals surface area (Å²) in [6.07, 6.45) is 1.36. The monoisotopic (exact) mass is 230 g/mol. The number of halogens is 1. The Balaban J connectivity index is 0.00000196. The highest BCUT2D eigenvalue weighted by atomic mass is 35.5. The van der Waals surface area contributed by atoms with Gasteiger partial charge in [0.15, 0.2) is 11.5 Å². The fraction of sp³-hybridized carbons (Fsp3) is 0. The minimum atomic E-state index is -0.274. The second kappa shape index (κ2) is 5.71. The Hall–Kier alpha value is -1.95. The summed E-state index contributed by atoms with van der Waals surface area (Å²) < 4.78 is 0. The summed E-state index contributed by atoms with van der Waals surface area (Å²) in [6, 6.07) is 4.23. The van der Waals surface area contributed by atoms with Crippen molar-refractivity contribution in [3.8, 4) is 11.5 Å². The predicted octanol–water partition coefficient (Wildman–Crippen LogP) is 0.337. The highest BCUT2D eigenvalue weighted by molar-refractivity contribution is 5.85. The Bertz CT molecular complexity index is 381. The van der Waals surface area contributed by atoms with E-state index < -0.39 is 0 Å². The number of rotatable bonds is 2. The van der Waals surface area contributed by atoms with E-state index in [0.29, 0.717) is 5.56 Å². The third-order valence-corrected chi connectivity index (χ3v) is 1.40. The highest BCUT2D eigenvalue weighted by Crippen LogP contribution is 2.23. The molecule has 0 aliphatic carbocycles. The summed E-state index contributed by atoms with van der Waals surface area (Å²) >= 11 is 0. The molecule has 0 aliphatic heterocycles. The molecule has 0 atom stereocenters. The van der Waals surface area contributed by atoms with Crippen LogP contribution in [0.4, 0.5) is 0 Å². The smallest absolute Gasteiger partial charge is 0.206 e.